The Morgan fingerprint density at radius 1 is 1.09 bits per heavy atom. The number of anilines is 1. The molecule has 4 N–H and O–H groups in total. The molecule has 8 nitrogen and oxygen atoms in total. The van der Waals surface area contributed by atoms with Crippen LogP contribution in [0.1, 0.15) is 57.8 Å². The molecule has 186 valence electrons. The molecule has 2 aromatic rings. The number of nitrogens with one attached hydrogen (secondary N) is 1. The first-order chi connectivity index (χ1) is 16.8. The zero-order valence-electron chi connectivity index (χ0n) is 19.7. The van der Waals surface area contributed by atoms with Crippen LogP contribution in [0.5, 0.6) is 0 Å². The molecule has 1 aromatic carbocycles. The Labute approximate surface area is 207 Å². The Bertz CT molecular complexity index is 1190. The van der Waals surface area contributed by atoms with Gasteiger partial charge in [0.2, 0.25) is 11.8 Å². The number of nitrogens with zero attached hydrogens (tertiary/aromatic N) is 2. The quantitative estimate of drug-likeness (QED) is 0.529. The van der Waals surface area contributed by atoms with Crippen LogP contribution in [-0.4, -0.2) is 37.1 Å². The van der Waals surface area contributed by atoms with Gasteiger partial charge in [-0.2, -0.15) is 0 Å². The summed E-state index contributed by atoms with van der Waals surface area (Å²) in [5.41, 5.74) is 5.40. The molecule has 5 aliphatic carbocycles. The molecule has 0 saturated heterocycles. The molecule has 3 unspecified atom stereocenters. The molecular weight excluding hydrogens is 464 g/mol. The molecule has 5 saturated carbocycles. The average Bonchev–Trinajstić information content (AvgIpc) is 3.31. The highest BCUT2D eigenvalue weighted by atomic mass is 32.2. The van der Waals surface area contributed by atoms with Crippen molar-refractivity contribution in [2.45, 2.75) is 69.4 Å². The van der Waals surface area contributed by atoms with Gasteiger partial charge < -0.3 is 11.1 Å². The first kappa shape index (κ1) is 22.9. The third-order valence-corrected chi connectivity index (χ3v) is 10.2. The fourth-order valence-electron chi connectivity index (χ4n) is 8.05. The molecule has 9 heteroatoms. The van der Waals surface area contributed by atoms with E-state index in [1.54, 1.807) is 12.3 Å². The fourth-order valence-corrected chi connectivity index (χ4v) is 8.93. The monoisotopic (exact) mass is 496 g/mol. The van der Waals surface area contributed by atoms with Crippen LogP contribution in [0.15, 0.2) is 36.5 Å². The summed E-state index contributed by atoms with van der Waals surface area (Å²) in [7, 11) is 0. The summed E-state index contributed by atoms with van der Waals surface area (Å²) < 4.78 is 24.8. The Morgan fingerprint density at radius 3 is 2.43 bits per heavy atom. The highest BCUT2D eigenvalue weighted by molar-refractivity contribution is 7.80. The second-order valence-corrected chi connectivity index (χ2v) is 12.1. The van der Waals surface area contributed by atoms with Crippen LogP contribution >= 0.6 is 0 Å². The van der Waals surface area contributed by atoms with E-state index in [9.17, 15) is 18.4 Å². The van der Waals surface area contributed by atoms with Gasteiger partial charge in [-0.3, -0.25) is 23.4 Å². The van der Waals surface area contributed by atoms with Crippen molar-refractivity contribution in [2.75, 3.05) is 4.31 Å². The van der Waals surface area contributed by atoms with E-state index in [1.165, 1.54) is 4.31 Å². The highest BCUT2D eigenvalue weighted by Crippen LogP contribution is 2.60. The number of hydrogen-bond donors (Lipinski definition) is 3. The summed E-state index contributed by atoms with van der Waals surface area (Å²) in [5, 5.41) is 4.21. The first-order valence-electron chi connectivity index (χ1n) is 12.7. The van der Waals surface area contributed by atoms with Crippen LogP contribution in [0, 0.1) is 23.2 Å². The number of amides is 2. The minimum absolute atomic E-state index is 0.0244. The van der Waals surface area contributed by atoms with Gasteiger partial charge in [0, 0.05) is 23.0 Å². The molecule has 1 heterocycles. The summed E-state index contributed by atoms with van der Waals surface area (Å²) in [6.45, 7) is 0. The predicted octanol–water partition coefficient (Wildman–Crippen LogP) is 3.29. The summed E-state index contributed by atoms with van der Waals surface area (Å²) >= 11 is -2.41. The number of nitrogens with two attached hydrogens (primary N) is 1. The largest absolute Gasteiger partial charge is 0.369 e. The minimum atomic E-state index is -2.41. The lowest BCUT2D eigenvalue weighted by atomic mass is 9.47. The van der Waals surface area contributed by atoms with Crippen LogP contribution in [0.4, 0.5) is 5.69 Å². The molecule has 3 atom stereocenters. The van der Waals surface area contributed by atoms with Crippen molar-refractivity contribution in [3.05, 3.63) is 36.5 Å². The van der Waals surface area contributed by atoms with Crippen LogP contribution in [0.25, 0.3) is 10.9 Å². The van der Waals surface area contributed by atoms with Crippen molar-refractivity contribution in [1.29, 1.82) is 0 Å². The van der Waals surface area contributed by atoms with Crippen molar-refractivity contribution in [3.63, 3.8) is 0 Å². The number of primary amides is 1. The number of aromatic nitrogens is 1. The molecule has 4 bridgehead atoms. The second-order valence-electron chi connectivity index (χ2n) is 11.2. The molecule has 1 aromatic heterocycles. The molecular formula is C26H32N4O4S. The van der Waals surface area contributed by atoms with Crippen molar-refractivity contribution in [1.82, 2.24) is 10.3 Å². The van der Waals surface area contributed by atoms with Gasteiger partial charge in [0.1, 0.15) is 5.54 Å². The van der Waals surface area contributed by atoms with E-state index in [0.29, 0.717) is 30.0 Å². The van der Waals surface area contributed by atoms with Gasteiger partial charge in [-0.25, -0.2) is 4.21 Å². The van der Waals surface area contributed by atoms with Crippen LogP contribution < -0.4 is 15.4 Å². The van der Waals surface area contributed by atoms with E-state index < -0.39 is 22.2 Å². The minimum Gasteiger partial charge on any atom is -0.369 e. The summed E-state index contributed by atoms with van der Waals surface area (Å²) in [6, 6.07) is 9.24. The normalized spacial score (nSPS) is 33.5. The van der Waals surface area contributed by atoms with Gasteiger partial charge in [0.15, 0.2) is 0 Å². The number of carbonyl (C=O) groups excluding carboxylic acids is 2. The van der Waals surface area contributed by atoms with Crippen molar-refractivity contribution >= 4 is 39.7 Å². The van der Waals surface area contributed by atoms with Crippen LogP contribution in [0.3, 0.4) is 0 Å². The molecule has 5 fully saturated rings. The van der Waals surface area contributed by atoms with E-state index in [-0.39, 0.29) is 29.7 Å². The number of fused-ring (bicyclic) bond motifs is 1. The lowest BCUT2D eigenvalue weighted by Crippen LogP contribution is -2.66. The Morgan fingerprint density at radius 2 is 1.77 bits per heavy atom. The third-order valence-electron chi connectivity index (χ3n) is 9.32. The standard InChI is InChI=1S/C26H32N4O4S/c27-23(31)25-13-16-11-18(14-25)21(19(12-16)15-25)29-24(32)26(8-1-2-9-26)30(35(33)34)20-7-3-5-17-6-4-10-28-22(17)20/h3-7,10,16,18-19,21H,1-2,8-9,11-15H2,(H2,27,31)(H,29,32)(H,33,34). The van der Waals surface area contributed by atoms with Gasteiger partial charge in [0.05, 0.1) is 11.2 Å². The van der Waals surface area contributed by atoms with Crippen molar-refractivity contribution in [2.24, 2.45) is 28.9 Å². The van der Waals surface area contributed by atoms with Gasteiger partial charge in [-0.05, 0) is 74.8 Å². The van der Waals surface area contributed by atoms with Crippen molar-refractivity contribution < 1.29 is 18.4 Å². The fraction of sp³-hybridized carbons (Fsp3) is 0.577. The Hall–Kier alpha value is -2.52. The van der Waals surface area contributed by atoms with Gasteiger partial charge in [-0.15, -0.1) is 0 Å². The molecule has 0 aliphatic heterocycles. The topological polar surface area (TPSA) is 126 Å². The maximum Gasteiger partial charge on any atom is 0.262 e. The van der Waals surface area contributed by atoms with E-state index in [2.05, 4.69) is 10.3 Å². The van der Waals surface area contributed by atoms with E-state index in [0.717, 1.165) is 50.3 Å². The average molecular weight is 497 g/mol. The lowest BCUT2D eigenvalue weighted by molar-refractivity contribution is -0.148. The van der Waals surface area contributed by atoms with Gasteiger partial charge in [-0.1, -0.05) is 31.0 Å². The SMILES string of the molecule is NC(=O)C12CC3CC(C1)C(NC(=O)C1(N(c4cccc5cccnc45)S(=O)O)CCCC1)C(C3)C2. The van der Waals surface area contributed by atoms with E-state index in [1.807, 2.05) is 24.3 Å². The number of pyridine rings is 1. The van der Waals surface area contributed by atoms with Crippen molar-refractivity contribution in [3.8, 4) is 0 Å². The predicted molar refractivity (Wildman–Crippen MR) is 133 cm³/mol. The van der Waals surface area contributed by atoms with E-state index >= 15 is 0 Å². The third kappa shape index (κ3) is 3.49. The highest BCUT2D eigenvalue weighted by Gasteiger charge is 2.59. The number of carbonyl (C=O) groups is 2. The number of para-hydroxylation sites is 1. The van der Waals surface area contributed by atoms with Crippen LogP contribution in [-0.2, 0) is 20.9 Å². The molecule has 5 aliphatic rings. The number of rotatable bonds is 6. The summed E-state index contributed by atoms with van der Waals surface area (Å²) in [4.78, 5) is 30.9. The molecule has 7 rings (SSSR count). The maximum atomic E-state index is 14.1. The zero-order valence-corrected chi connectivity index (χ0v) is 20.5. The first-order valence-corrected chi connectivity index (χ1v) is 13.8. The summed E-state index contributed by atoms with van der Waals surface area (Å²) in [6.07, 6.45) is 8.65. The Kier molecular flexibility index (Phi) is 5.41. The second kappa shape index (κ2) is 8.27. The molecule has 35 heavy (non-hydrogen) atoms. The molecule has 0 spiro atoms. The summed E-state index contributed by atoms with van der Waals surface area (Å²) in [5.74, 6) is 0.568. The molecule has 0 radical (unpaired) electrons. The Balaban J connectivity index is 1.34. The smallest absolute Gasteiger partial charge is 0.262 e. The number of benzene rings is 1. The van der Waals surface area contributed by atoms with Gasteiger partial charge >= 0.3 is 0 Å². The number of hydrogen-bond acceptors (Lipinski definition) is 4. The maximum absolute atomic E-state index is 14.1. The lowest BCUT2D eigenvalue weighted by Gasteiger charge is -2.59. The van der Waals surface area contributed by atoms with Gasteiger partial charge in [0.25, 0.3) is 11.3 Å². The van der Waals surface area contributed by atoms with E-state index in [4.69, 9.17) is 5.73 Å². The van der Waals surface area contributed by atoms with Crippen LogP contribution in [0.2, 0.25) is 0 Å². The zero-order chi connectivity index (χ0) is 24.4. The molecule has 2 amide bonds.